The maximum absolute atomic E-state index is 13.3. The second-order valence-corrected chi connectivity index (χ2v) is 12.1. The van der Waals surface area contributed by atoms with Gasteiger partial charge in [0, 0.05) is 59.8 Å². The SMILES string of the molecule is CCc1c[nH]c2ncc(-c3cccc(N4CCN(C(=O)COc5cccc6c5CN(C5CCC(=O)NC5=O)C6=O)CC4=O)c3)c-2c1Cl. The van der Waals surface area contributed by atoms with E-state index in [1.807, 2.05) is 37.4 Å². The van der Waals surface area contributed by atoms with Crippen molar-refractivity contribution < 1.29 is 28.7 Å². The van der Waals surface area contributed by atoms with Crippen molar-refractivity contribution >= 4 is 46.8 Å². The Balaban J connectivity index is 1.00. The number of aryl methyl sites for hydroxylation is 1. The Labute approximate surface area is 275 Å². The molecule has 0 aromatic heterocycles. The number of pyridine rings is 1. The molecule has 1 unspecified atom stereocenters. The van der Waals surface area contributed by atoms with E-state index in [0.717, 1.165) is 28.7 Å². The van der Waals surface area contributed by atoms with Gasteiger partial charge in [-0.1, -0.05) is 36.7 Å². The molecule has 5 aliphatic heterocycles. The summed E-state index contributed by atoms with van der Waals surface area (Å²) in [6.45, 7) is 2.35. The molecule has 1 atom stereocenters. The zero-order valence-electron chi connectivity index (χ0n) is 25.5. The van der Waals surface area contributed by atoms with Crippen LogP contribution in [0.25, 0.3) is 22.5 Å². The maximum Gasteiger partial charge on any atom is 0.261 e. The molecule has 0 spiro atoms. The molecule has 0 bridgehead atoms. The highest BCUT2D eigenvalue weighted by atomic mass is 35.5. The topological polar surface area (TPSA) is 145 Å². The predicted octanol–water partition coefficient (Wildman–Crippen LogP) is 3.41. The van der Waals surface area contributed by atoms with Crippen LogP contribution in [0.4, 0.5) is 5.69 Å². The van der Waals surface area contributed by atoms with Crippen molar-refractivity contribution in [1.29, 1.82) is 0 Å². The van der Waals surface area contributed by atoms with Crippen LogP contribution in [-0.2, 0) is 32.1 Å². The largest absolute Gasteiger partial charge is 0.483 e. The van der Waals surface area contributed by atoms with Gasteiger partial charge in [-0.25, -0.2) is 4.98 Å². The molecule has 7 rings (SSSR count). The number of benzene rings is 2. The van der Waals surface area contributed by atoms with Crippen LogP contribution >= 0.6 is 11.6 Å². The monoisotopic (exact) mass is 654 g/mol. The van der Waals surface area contributed by atoms with E-state index in [-0.39, 0.29) is 56.2 Å². The van der Waals surface area contributed by atoms with Gasteiger partial charge in [0.05, 0.1) is 11.6 Å². The summed E-state index contributed by atoms with van der Waals surface area (Å²) in [7, 11) is 0. The van der Waals surface area contributed by atoms with Crippen LogP contribution in [-0.4, -0.2) is 81.6 Å². The number of H-pyrrole nitrogens is 1. The number of halogens is 1. The van der Waals surface area contributed by atoms with Crippen molar-refractivity contribution in [2.75, 3.05) is 31.1 Å². The van der Waals surface area contributed by atoms with Crippen LogP contribution in [0.2, 0.25) is 5.02 Å². The molecular weight excluding hydrogens is 624 g/mol. The summed E-state index contributed by atoms with van der Waals surface area (Å²) < 4.78 is 5.89. The number of imide groups is 1. The van der Waals surface area contributed by atoms with Crippen LogP contribution in [0.15, 0.2) is 54.9 Å². The second-order valence-electron chi connectivity index (χ2n) is 11.8. The van der Waals surface area contributed by atoms with Gasteiger partial charge in [0.15, 0.2) is 6.61 Å². The summed E-state index contributed by atoms with van der Waals surface area (Å²) in [5, 5.41) is 2.95. The fraction of sp³-hybridized carbons (Fsp3) is 0.294. The number of hydrogen-bond acceptors (Lipinski definition) is 7. The summed E-state index contributed by atoms with van der Waals surface area (Å²) in [5.74, 6) is -0.714. The summed E-state index contributed by atoms with van der Waals surface area (Å²) >= 11 is 6.73. The van der Waals surface area contributed by atoms with E-state index in [2.05, 4.69) is 15.3 Å². The van der Waals surface area contributed by atoms with E-state index < -0.39 is 11.9 Å². The number of nitrogens with one attached hydrogen (secondary N) is 2. The third-order valence-electron chi connectivity index (χ3n) is 9.03. The van der Waals surface area contributed by atoms with Gasteiger partial charge in [-0.05, 0) is 48.2 Å². The lowest BCUT2D eigenvalue weighted by molar-refractivity contribution is -0.138. The van der Waals surface area contributed by atoms with Crippen molar-refractivity contribution in [1.82, 2.24) is 25.1 Å². The standard InChI is InChI=1S/C34H31ClN6O6/c1-2-19-14-36-32-30(31(19)35)23(15-37-32)20-5-3-6-21(13-20)40-12-11-39(17-28(40)43)29(44)18-47-26-8-4-7-22-24(26)16-41(34(22)46)25-9-10-27(42)38-33(25)45/h3-8,13-15,25H,2,9-12,16-18H2,1H3,(H,36,37)(H,38,42,45). The normalized spacial score (nSPS) is 18.2. The lowest BCUT2D eigenvalue weighted by atomic mass is 10.0. The molecule has 5 heterocycles. The number of aromatic amines is 1. The fourth-order valence-corrected chi connectivity index (χ4v) is 6.88. The fourth-order valence-electron chi connectivity index (χ4n) is 6.50. The first kappa shape index (κ1) is 30.4. The number of anilines is 1. The molecule has 13 heteroatoms. The van der Waals surface area contributed by atoms with Crippen LogP contribution < -0.4 is 15.0 Å². The first-order valence-electron chi connectivity index (χ1n) is 15.5. The summed E-state index contributed by atoms with van der Waals surface area (Å²) in [6.07, 6.45) is 4.82. The van der Waals surface area contributed by atoms with Crippen molar-refractivity contribution in [2.24, 2.45) is 0 Å². The number of fused-ring (bicyclic) bond motifs is 2. The number of nitrogens with zero attached hydrogens (tertiary/aromatic N) is 4. The minimum Gasteiger partial charge on any atom is -0.483 e. The lowest BCUT2D eigenvalue weighted by Gasteiger charge is -2.34. The first-order valence-corrected chi connectivity index (χ1v) is 15.8. The van der Waals surface area contributed by atoms with Crippen LogP contribution in [0.5, 0.6) is 5.75 Å². The molecule has 0 aliphatic carbocycles. The van der Waals surface area contributed by atoms with Crippen molar-refractivity contribution in [3.63, 3.8) is 0 Å². The summed E-state index contributed by atoms with van der Waals surface area (Å²) in [4.78, 5) is 75.8. The number of rotatable bonds is 7. The average molecular weight is 655 g/mol. The van der Waals surface area contributed by atoms with E-state index in [0.29, 0.717) is 46.5 Å². The third kappa shape index (κ3) is 5.48. The van der Waals surface area contributed by atoms with E-state index >= 15 is 0 Å². The molecule has 2 aromatic rings. The Hall–Kier alpha value is -5.23. The number of piperazine rings is 1. The quantitative estimate of drug-likeness (QED) is 0.291. The van der Waals surface area contributed by atoms with Gasteiger partial charge in [-0.15, -0.1) is 0 Å². The Morgan fingerprint density at radius 1 is 1.06 bits per heavy atom. The number of carbonyl (C=O) groups is 5. The molecule has 2 saturated heterocycles. The number of piperidine rings is 1. The van der Waals surface area contributed by atoms with E-state index in [9.17, 15) is 24.0 Å². The number of hydrogen-bond donors (Lipinski definition) is 2. The molecule has 2 fully saturated rings. The highest BCUT2D eigenvalue weighted by Gasteiger charge is 2.40. The Morgan fingerprint density at radius 3 is 2.68 bits per heavy atom. The minimum absolute atomic E-state index is 0.109. The van der Waals surface area contributed by atoms with Gasteiger partial charge in [0.1, 0.15) is 24.2 Å². The Kier molecular flexibility index (Phi) is 7.88. The molecule has 12 nitrogen and oxygen atoms in total. The van der Waals surface area contributed by atoms with Crippen molar-refractivity contribution in [2.45, 2.75) is 38.8 Å². The Morgan fingerprint density at radius 2 is 1.89 bits per heavy atom. The minimum atomic E-state index is -0.754. The average Bonchev–Trinajstić information content (AvgIpc) is 3.66. The Bertz CT molecular complexity index is 1920. The molecule has 240 valence electrons. The molecule has 0 radical (unpaired) electrons. The van der Waals surface area contributed by atoms with Gasteiger partial charge in [-0.3, -0.25) is 29.3 Å². The smallest absolute Gasteiger partial charge is 0.261 e. The van der Waals surface area contributed by atoms with Crippen LogP contribution in [0, 0.1) is 0 Å². The zero-order valence-corrected chi connectivity index (χ0v) is 26.3. The van der Waals surface area contributed by atoms with Crippen LogP contribution in [0.3, 0.4) is 0 Å². The molecule has 5 amide bonds. The highest BCUT2D eigenvalue weighted by molar-refractivity contribution is 6.34. The predicted molar refractivity (Wildman–Crippen MR) is 172 cm³/mol. The zero-order chi connectivity index (χ0) is 32.8. The number of ether oxygens (including phenoxy) is 1. The molecule has 2 N–H and O–H groups in total. The molecule has 47 heavy (non-hydrogen) atoms. The van der Waals surface area contributed by atoms with Gasteiger partial charge < -0.3 is 24.4 Å². The highest BCUT2D eigenvalue weighted by Crippen LogP contribution is 2.40. The molecule has 5 aliphatic rings. The van der Waals surface area contributed by atoms with Gasteiger partial charge in [-0.2, -0.15) is 0 Å². The first-order chi connectivity index (χ1) is 22.7. The van der Waals surface area contributed by atoms with Crippen molar-refractivity contribution in [3.8, 4) is 28.3 Å². The number of aromatic nitrogens is 2. The number of amides is 5. The lowest BCUT2D eigenvalue weighted by Crippen LogP contribution is -2.53. The molecule has 0 saturated carbocycles. The summed E-state index contributed by atoms with van der Waals surface area (Å²) in [6, 6.07) is 11.9. The van der Waals surface area contributed by atoms with E-state index in [1.54, 1.807) is 29.3 Å². The van der Waals surface area contributed by atoms with E-state index in [4.69, 9.17) is 16.3 Å². The maximum atomic E-state index is 13.3. The van der Waals surface area contributed by atoms with Crippen molar-refractivity contribution in [3.05, 3.63) is 76.6 Å². The van der Waals surface area contributed by atoms with Gasteiger partial charge in [0.25, 0.3) is 11.8 Å². The molecule has 2 aromatic carbocycles. The second kappa shape index (κ2) is 12.2. The summed E-state index contributed by atoms with van der Waals surface area (Å²) in [5.41, 5.74) is 5.24. The van der Waals surface area contributed by atoms with Crippen LogP contribution in [0.1, 0.15) is 41.3 Å². The molecular formula is C34H31ClN6O6. The third-order valence-corrected chi connectivity index (χ3v) is 9.46. The number of carbonyl (C=O) groups excluding carboxylic acids is 5. The van der Waals surface area contributed by atoms with Gasteiger partial charge >= 0.3 is 0 Å². The van der Waals surface area contributed by atoms with E-state index in [1.165, 1.54) is 9.80 Å². The van der Waals surface area contributed by atoms with Gasteiger partial charge in [0.2, 0.25) is 17.7 Å².